The van der Waals surface area contributed by atoms with Gasteiger partial charge < -0.3 is 5.11 Å². The van der Waals surface area contributed by atoms with Gasteiger partial charge in [-0.05, 0) is 46.3 Å². The normalized spacial score (nSPS) is 10.6. The summed E-state index contributed by atoms with van der Waals surface area (Å²) in [5, 5.41) is 9.02. The van der Waals surface area contributed by atoms with Crippen LogP contribution in [-0.4, -0.2) is 16.8 Å². The van der Waals surface area contributed by atoms with E-state index in [-0.39, 0.29) is 0 Å². The van der Waals surface area contributed by atoms with Crippen molar-refractivity contribution in [3.8, 4) is 0 Å². The molecule has 2 nitrogen and oxygen atoms in total. The summed E-state index contributed by atoms with van der Waals surface area (Å²) in [6.07, 6.45) is 6.35. The van der Waals surface area contributed by atoms with Gasteiger partial charge in [0.1, 0.15) is 0 Å². The van der Waals surface area contributed by atoms with Gasteiger partial charge in [0.2, 0.25) is 0 Å². The van der Waals surface area contributed by atoms with E-state index in [2.05, 4.69) is 22.9 Å². The topological polar surface area (TPSA) is 37.3 Å². The molecule has 4 heteroatoms. The Morgan fingerprint density at radius 1 is 1.28 bits per heavy atom. The molecular formula is C14H19BrO2S. The summed E-state index contributed by atoms with van der Waals surface area (Å²) in [6, 6.07) is 5.51. The number of carboxylic acids is 1. The van der Waals surface area contributed by atoms with Crippen LogP contribution in [0.15, 0.2) is 27.6 Å². The maximum absolute atomic E-state index is 11.0. The lowest BCUT2D eigenvalue weighted by molar-refractivity contribution is 0.0695. The molecule has 1 aromatic carbocycles. The molecule has 0 radical (unpaired) electrons. The maximum atomic E-state index is 11.0. The minimum Gasteiger partial charge on any atom is -0.478 e. The maximum Gasteiger partial charge on any atom is 0.336 e. The van der Waals surface area contributed by atoms with Gasteiger partial charge in [0, 0.05) is 9.37 Å². The number of aromatic carboxylic acids is 1. The number of carbonyl (C=O) groups is 1. The van der Waals surface area contributed by atoms with E-state index in [4.69, 9.17) is 5.11 Å². The van der Waals surface area contributed by atoms with Gasteiger partial charge in [0.25, 0.3) is 0 Å². The summed E-state index contributed by atoms with van der Waals surface area (Å²) in [4.78, 5) is 12.0. The number of benzene rings is 1. The number of rotatable bonds is 8. The lowest BCUT2D eigenvalue weighted by Gasteiger charge is -2.04. The molecule has 0 aliphatic carbocycles. The van der Waals surface area contributed by atoms with Crippen LogP contribution in [0.3, 0.4) is 0 Å². The Morgan fingerprint density at radius 2 is 2.00 bits per heavy atom. The van der Waals surface area contributed by atoms with Crippen molar-refractivity contribution in [1.82, 2.24) is 0 Å². The number of hydrogen-bond donors (Lipinski definition) is 1. The van der Waals surface area contributed by atoms with Crippen LogP contribution < -0.4 is 0 Å². The first kappa shape index (κ1) is 15.6. The second kappa shape index (κ2) is 8.59. The van der Waals surface area contributed by atoms with Crippen molar-refractivity contribution in [2.75, 3.05) is 5.75 Å². The summed E-state index contributed by atoms with van der Waals surface area (Å²) in [6.45, 7) is 2.21. The van der Waals surface area contributed by atoms with Crippen molar-refractivity contribution < 1.29 is 9.90 Å². The monoisotopic (exact) mass is 330 g/mol. The van der Waals surface area contributed by atoms with Gasteiger partial charge in [0.05, 0.1) is 5.56 Å². The molecule has 0 saturated heterocycles. The van der Waals surface area contributed by atoms with Gasteiger partial charge in [-0.3, -0.25) is 0 Å². The Bertz CT molecular complexity index is 393. The van der Waals surface area contributed by atoms with E-state index in [9.17, 15) is 4.79 Å². The van der Waals surface area contributed by atoms with Gasteiger partial charge in [-0.15, -0.1) is 11.8 Å². The molecule has 0 heterocycles. The van der Waals surface area contributed by atoms with Crippen molar-refractivity contribution >= 4 is 33.7 Å². The van der Waals surface area contributed by atoms with Crippen molar-refractivity contribution in [1.29, 1.82) is 0 Å². The largest absolute Gasteiger partial charge is 0.478 e. The lowest BCUT2D eigenvalue weighted by Crippen LogP contribution is -1.97. The first-order valence-corrected chi connectivity index (χ1v) is 8.08. The molecule has 0 aliphatic rings. The van der Waals surface area contributed by atoms with Crippen molar-refractivity contribution in [2.24, 2.45) is 0 Å². The second-order valence-corrected chi connectivity index (χ2v) is 6.23. The zero-order chi connectivity index (χ0) is 13.4. The Balaban J connectivity index is 2.38. The molecule has 1 rings (SSSR count). The fourth-order valence-corrected chi connectivity index (χ4v) is 3.02. The van der Waals surface area contributed by atoms with Crippen LogP contribution in [0.5, 0.6) is 0 Å². The average molecular weight is 331 g/mol. The highest BCUT2D eigenvalue weighted by molar-refractivity contribution is 9.10. The molecule has 18 heavy (non-hydrogen) atoms. The fraction of sp³-hybridized carbons (Fsp3) is 0.500. The molecule has 100 valence electrons. The van der Waals surface area contributed by atoms with E-state index < -0.39 is 5.97 Å². The Labute approximate surface area is 121 Å². The Kier molecular flexibility index (Phi) is 7.44. The molecule has 0 bridgehead atoms. The van der Waals surface area contributed by atoms with E-state index in [0.29, 0.717) is 10.0 Å². The van der Waals surface area contributed by atoms with Gasteiger partial charge in [-0.1, -0.05) is 32.6 Å². The third-order valence-corrected chi connectivity index (χ3v) is 4.46. The van der Waals surface area contributed by atoms with Crippen LogP contribution in [0.4, 0.5) is 0 Å². The summed E-state index contributed by atoms with van der Waals surface area (Å²) in [5.74, 6) is 0.178. The number of thioether (sulfide) groups is 1. The van der Waals surface area contributed by atoms with Crippen molar-refractivity contribution in [2.45, 2.75) is 43.9 Å². The molecule has 0 aromatic heterocycles. The second-order valence-electron chi connectivity index (χ2n) is 4.21. The van der Waals surface area contributed by atoms with E-state index in [0.717, 1.165) is 10.6 Å². The van der Waals surface area contributed by atoms with Gasteiger partial charge in [0.15, 0.2) is 0 Å². The predicted molar refractivity (Wildman–Crippen MR) is 80.6 cm³/mol. The Hall–Kier alpha value is -0.480. The van der Waals surface area contributed by atoms with Gasteiger partial charge in [-0.25, -0.2) is 4.79 Å². The highest BCUT2D eigenvalue weighted by Gasteiger charge is 2.08. The summed E-state index contributed by atoms with van der Waals surface area (Å²) >= 11 is 4.99. The summed E-state index contributed by atoms with van der Waals surface area (Å²) in [7, 11) is 0. The third-order valence-electron chi connectivity index (χ3n) is 2.68. The number of carboxylic acid groups (broad SMARTS) is 1. The molecule has 0 aliphatic heterocycles. The smallest absolute Gasteiger partial charge is 0.336 e. The zero-order valence-electron chi connectivity index (χ0n) is 10.6. The molecule has 0 atom stereocenters. The average Bonchev–Trinajstić information content (AvgIpc) is 2.35. The summed E-state index contributed by atoms with van der Waals surface area (Å²) < 4.78 is 0.641. The van der Waals surface area contributed by atoms with Crippen LogP contribution in [-0.2, 0) is 0 Å². The molecule has 0 spiro atoms. The van der Waals surface area contributed by atoms with Crippen LogP contribution in [0.25, 0.3) is 0 Å². The molecule has 1 aromatic rings. The van der Waals surface area contributed by atoms with E-state index in [1.54, 1.807) is 17.8 Å². The van der Waals surface area contributed by atoms with E-state index in [1.807, 2.05) is 12.1 Å². The van der Waals surface area contributed by atoms with Gasteiger partial charge >= 0.3 is 5.97 Å². The molecule has 0 unspecified atom stereocenters. The number of halogens is 1. The first-order chi connectivity index (χ1) is 8.65. The highest BCUT2D eigenvalue weighted by atomic mass is 79.9. The third kappa shape index (κ3) is 5.44. The van der Waals surface area contributed by atoms with E-state index in [1.165, 1.54) is 32.1 Å². The van der Waals surface area contributed by atoms with Gasteiger partial charge in [-0.2, -0.15) is 0 Å². The minimum absolute atomic E-state index is 0.339. The summed E-state index contributed by atoms with van der Waals surface area (Å²) in [5.41, 5.74) is 0.339. The standard InChI is InChI=1S/C14H19BrO2S/c1-2-3-4-5-6-9-18-11-7-8-13(15)12(10-11)14(16)17/h7-8,10H,2-6,9H2,1H3,(H,16,17). The predicted octanol–water partition coefficient (Wildman–Crippen LogP) is 5.21. The molecule has 1 N–H and O–H groups in total. The van der Waals surface area contributed by atoms with Crippen molar-refractivity contribution in [3.05, 3.63) is 28.2 Å². The molecule has 0 amide bonds. The lowest BCUT2D eigenvalue weighted by atomic mass is 10.2. The first-order valence-electron chi connectivity index (χ1n) is 6.30. The minimum atomic E-state index is -0.882. The van der Waals surface area contributed by atoms with E-state index >= 15 is 0 Å². The zero-order valence-corrected chi connectivity index (χ0v) is 13.0. The number of hydrogen-bond acceptors (Lipinski definition) is 2. The fourth-order valence-electron chi connectivity index (χ4n) is 1.65. The molecular weight excluding hydrogens is 312 g/mol. The Morgan fingerprint density at radius 3 is 2.67 bits per heavy atom. The highest BCUT2D eigenvalue weighted by Crippen LogP contribution is 2.25. The SMILES string of the molecule is CCCCCCCSc1ccc(Br)c(C(=O)O)c1. The van der Waals surface area contributed by atoms with Crippen LogP contribution >= 0.6 is 27.7 Å². The van der Waals surface area contributed by atoms with Crippen LogP contribution in [0.1, 0.15) is 49.4 Å². The molecule has 0 saturated carbocycles. The van der Waals surface area contributed by atoms with Crippen LogP contribution in [0, 0.1) is 0 Å². The molecule has 0 fully saturated rings. The van der Waals surface area contributed by atoms with Crippen molar-refractivity contribution in [3.63, 3.8) is 0 Å². The quantitative estimate of drug-likeness (QED) is 0.525. The van der Waals surface area contributed by atoms with Crippen LogP contribution in [0.2, 0.25) is 0 Å². The number of unbranched alkanes of at least 4 members (excludes halogenated alkanes) is 4.